The summed E-state index contributed by atoms with van der Waals surface area (Å²) in [5.74, 6) is -1.73. The molecule has 2 amide bonds. The van der Waals surface area contributed by atoms with Gasteiger partial charge in [0, 0.05) is 17.7 Å². The summed E-state index contributed by atoms with van der Waals surface area (Å²) in [5, 5.41) is 10.9. The molecule has 0 atom stereocenters. The molecule has 0 fully saturated rings. The molecule has 1 heterocycles. The SMILES string of the molecule is Cc1cc([N+](=O)[O-])cc(CN2C(=O)c3ccccc3C2=O)c1F. The summed E-state index contributed by atoms with van der Waals surface area (Å²) in [6.07, 6.45) is 0. The number of benzene rings is 2. The van der Waals surface area contributed by atoms with E-state index in [4.69, 9.17) is 0 Å². The lowest BCUT2D eigenvalue weighted by atomic mass is 10.1. The molecule has 1 aliphatic heterocycles. The van der Waals surface area contributed by atoms with Gasteiger partial charge in [-0.3, -0.25) is 24.6 Å². The third kappa shape index (κ3) is 2.36. The van der Waals surface area contributed by atoms with Crippen LogP contribution in [0.4, 0.5) is 10.1 Å². The van der Waals surface area contributed by atoms with Gasteiger partial charge in [0.15, 0.2) is 0 Å². The van der Waals surface area contributed by atoms with Crippen LogP contribution in [0.5, 0.6) is 0 Å². The van der Waals surface area contributed by atoms with Crippen LogP contribution in [-0.2, 0) is 6.54 Å². The Balaban J connectivity index is 1.99. The summed E-state index contributed by atoms with van der Waals surface area (Å²) in [7, 11) is 0. The second-order valence-corrected chi connectivity index (χ2v) is 5.23. The van der Waals surface area contributed by atoms with E-state index < -0.39 is 22.6 Å². The number of hydrogen-bond acceptors (Lipinski definition) is 4. The third-order valence-corrected chi connectivity index (χ3v) is 3.73. The number of non-ortho nitro benzene ring substituents is 1. The van der Waals surface area contributed by atoms with Gasteiger partial charge >= 0.3 is 0 Å². The van der Waals surface area contributed by atoms with Gasteiger partial charge in [0.1, 0.15) is 5.82 Å². The number of hydrogen-bond donors (Lipinski definition) is 0. The summed E-state index contributed by atoms with van der Waals surface area (Å²) < 4.78 is 14.2. The number of aryl methyl sites for hydroxylation is 1. The zero-order valence-corrected chi connectivity index (χ0v) is 12.1. The lowest BCUT2D eigenvalue weighted by Crippen LogP contribution is -2.29. The summed E-state index contributed by atoms with van der Waals surface area (Å²) in [4.78, 5) is 35.7. The van der Waals surface area contributed by atoms with Crippen LogP contribution in [0.15, 0.2) is 36.4 Å². The maximum absolute atomic E-state index is 14.2. The van der Waals surface area contributed by atoms with E-state index in [9.17, 15) is 24.1 Å². The highest BCUT2D eigenvalue weighted by Gasteiger charge is 2.35. The van der Waals surface area contributed by atoms with Crippen molar-refractivity contribution >= 4 is 17.5 Å². The molecule has 0 saturated carbocycles. The highest BCUT2D eigenvalue weighted by Crippen LogP contribution is 2.27. The van der Waals surface area contributed by atoms with Crippen LogP contribution in [0.3, 0.4) is 0 Å². The normalized spacial score (nSPS) is 13.4. The van der Waals surface area contributed by atoms with Gasteiger partial charge in [-0.25, -0.2) is 4.39 Å². The molecule has 7 heteroatoms. The van der Waals surface area contributed by atoms with E-state index in [1.54, 1.807) is 12.1 Å². The predicted molar refractivity (Wildman–Crippen MR) is 78.4 cm³/mol. The van der Waals surface area contributed by atoms with Gasteiger partial charge in [-0.2, -0.15) is 0 Å². The van der Waals surface area contributed by atoms with Crippen molar-refractivity contribution in [2.45, 2.75) is 13.5 Å². The van der Waals surface area contributed by atoms with Crippen molar-refractivity contribution in [2.75, 3.05) is 0 Å². The van der Waals surface area contributed by atoms with Crippen molar-refractivity contribution in [3.8, 4) is 0 Å². The van der Waals surface area contributed by atoms with E-state index in [0.29, 0.717) is 0 Å². The van der Waals surface area contributed by atoms with Crippen molar-refractivity contribution in [3.63, 3.8) is 0 Å². The molecule has 116 valence electrons. The van der Waals surface area contributed by atoms with E-state index in [2.05, 4.69) is 0 Å². The van der Waals surface area contributed by atoms with Crippen LogP contribution < -0.4 is 0 Å². The topological polar surface area (TPSA) is 80.5 Å². The molecule has 0 bridgehead atoms. The van der Waals surface area contributed by atoms with E-state index >= 15 is 0 Å². The summed E-state index contributed by atoms with van der Waals surface area (Å²) in [6.45, 7) is 1.05. The molecule has 0 aliphatic carbocycles. The average molecular weight is 314 g/mol. The minimum atomic E-state index is -0.660. The maximum Gasteiger partial charge on any atom is 0.270 e. The van der Waals surface area contributed by atoms with Crippen molar-refractivity contribution in [1.82, 2.24) is 4.90 Å². The maximum atomic E-state index is 14.2. The number of nitro groups is 1. The molecule has 0 unspecified atom stereocenters. The first-order valence-corrected chi connectivity index (χ1v) is 6.79. The quantitative estimate of drug-likeness (QED) is 0.495. The average Bonchev–Trinajstić information content (AvgIpc) is 2.76. The predicted octanol–water partition coefficient (Wildman–Crippen LogP) is 2.84. The van der Waals surface area contributed by atoms with Crippen LogP contribution in [-0.4, -0.2) is 21.6 Å². The summed E-state index contributed by atoms with van der Waals surface area (Å²) in [5.41, 5.74) is 0.243. The zero-order valence-electron chi connectivity index (χ0n) is 12.1. The number of nitro benzene ring substituents is 1. The largest absolute Gasteiger partial charge is 0.270 e. The van der Waals surface area contributed by atoms with Gasteiger partial charge in [0.05, 0.1) is 22.6 Å². The Labute approximate surface area is 130 Å². The van der Waals surface area contributed by atoms with Crippen molar-refractivity contribution in [2.24, 2.45) is 0 Å². The molecule has 0 N–H and O–H groups in total. The minimum absolute atomic E-state index is 0.0637. The second-order valence-electron chi connectivity index (χ2n) is 5.23. The van der Waals surface area contributed by atoms with Crippen LogP contribution in [0.25, 0.3) is 0 Å². The zero-order chi connectivity index (χ0) is 16.7. The van der Waals surface area contributed by atoms with Gasteiger partial charge < -0.3 is 0 Å². The standard InChI is InChI=1S/C16H11FN2O4/c1-9-6-11(19(22)23)7-10(14(9)17)8-18-15(20)12-4-2-3-5-13(12)16(18)21/h2-7H,8H2,1H3. The van der Waals surface area contributed by atoms with Crippen LogP contribution in [0, 0.1) is 22.9 Å². The van der Waals surface area contributed by atoms with Crippen LogP contribution in [0.2, 0.25) is 0 Å². The molecule has 23 heavy (non-hydrogen) atoms. The van der Waals surface area contributed by atoms with Gasteiger partial charge in [-0.05, 0) is 24.6 Å². The summed E-state index contributed by atoms with van der Waals surface area (Å²) >= 11 is 0. The second kappa shape index (κ2) is 5.28. The monoisotopic (exact) mass is 314 g/mol. The van der Waals surface area contributed by atoms with Crippen molar-refractivity contribution < 1.29 is 18.9 Å². The highest BCUT2D eigenvalue weighted by atomic mass is 19.1. The number of fused-ring (bicyclic) bond motifs is 1. The Morgan fingerprint density at radius 2 is 1.70 bits per heavy atom. The molecule has 3 rings (SSSR count). The molecule has 6 nitrogen and oxygen atoms in total. The fraction of sp³-hybridized carbons (Fsp3) is 0.125. The molecular formula is C16H11FN2O4. The Morgan fingerprint density at radius 3 is 2.22 bits per heavy atom. The Kier molecular flexibility index (Phi) is 3.40. The number of imide groups is 1. The Bertz CT molecular complexity index is 828. The van der Waals surface area contributed by atoms with Gasteiger partial charge in [0.2, 0.25) is 0 Å². The van der Waals surface area contributed by atoms with Crippen molar-refractivity contribution in [3.05, 3.63) is 74.6 Å². The van der Waals surface area contributed by atoms with E-state index in [1.165, 1.54) is 19.1 Å². The molecule has 0 saturated heterocycles. The first-order valence-electron chi connectivity index (χ1n) is 6.79. The number of halogens is 1. The minimum Gasteiger partial charge on any atom is -0.270 e. The molecule has 0 spiro atoms. The number of nitrogens with zero attached hydrogens (tertiary/aromatic N) is 2. The molecule has 0 aromatic heterocycles. The lowest BCUT2D eigenvalue weighted by Gasteiger charge is -2.15. The Morgan fingerprint density at radius 1 is 1.13 bits per heavy atom. The number of carbonyl (C=O) groups is 2. The smallest absolute Gasteiger partial charge is 0.270 e. The van der Waals surface area contributed by atoms with Gasteiger partial charge in [0.25, 0.3) is 17.5 Å². The highest BCUT2D eigenvalue weighted by molar-refractivity contribution is 6.21. The fourth-order valence-electron chi connectivity index (χ4n) is 2.60. The molecule has 1 aliphatic rings. The first kappa shape index (κ1) is 14.8. The van der Waals surface area contributed by atoms with Crippen LogP contribution >= 0.6 is 0 Å². The van der Waals surface area contributed by atoms with Gasteiger partial charge in [-0.15, -0.1) is 0 Å². The molecule has 2 aromatic rings. The number of carbonyl (C=O) groups excluding carboxylic acids is 2. The van der Waals surface area contributed by atoms with E-state index in [1.807, 2.05) is 0 Å². The van der Waals surface area contributed by atoms with Crippen LogP contribution in [0.1, 0.15) is 31.8 Å². The van der Waals surface area contributed by atoms with E-state index in [0.717, 1.165) is 17.0 Å². The van der Waals surface area contributed by atoms with Gasteiger partial charge in [-0.1, -0.05) is 12.1 Å². The third-order valence-electron chi connectivity index (χ3n) is 3.73. The fourth-order valence-corrected chi connectivity index (χ4v) is 2.60. The van der Waals surface area contributed by atoms with E-state index in [-0.39, 0.29) is 34.5 Å². The molecular weight excluding hydrogens is 303 g/mol. The lowest BCUT2D eigenvalue weighted by molar-refractivity contribution is -0.385. The first-order chi connectivity index (χ1) is 10.9. The number of rotatable bonds is 3. The number of amides is 2. The Hall–Kier alpha value is -3.09. The molecule has 2 aromatic carbocycles. The molecule has 0 radical (unpaired) electrons. The summed E-state index contributed by atoms with van der Waals surface area (Å²) in [6, 6.07) is 8.46. The van der Waals surface area contributed by atoms with Crippen molar-refractivity contribution in [1.29, 1.82) is 0 Å².